The van der Waals surface area contributed by atoms with Crippen molar-refractivity contribution in [3.63, 3.8) is 0 Å². The van der Waals surface area contributed by atoms with E-state index in [1.54, 1.807) is 5.56 Å². The molecule has 35 heavy (non-hydrogen) atoms. The number of hydrogen-bond acceptors (Lipinski definition) is 2. The summed E-state index contributed by atoms with van der Waals surface area (Å²) in [6, 6.07) is 10.1. The molecule has 0 saturated heterocycles. The summed E-state index contributed by atoms with van der Waals surface area (Å²) in [7, 11) is 2.35. The van der Waals surface area contributed by atoms with Gasteiger partial charge in [0.05, 0.1) is 0 Å². The van der Waals surface area contributed by atoms with Crippen LogP contribution in [0.15, 0.2) is 48.3 Å². The molecule has 0 bridgehead atoms. The standard InChI is InChI=1S/C33H46N2/c1-31(2,3)35(6)26-13-16-32(4)25(20-26)9-10-27-29-12-11-28(33(29,5)17-14-30(27)32)23-8-7-22-15-18-34-21-24(22)19-23/h7-9,15,18-19,21,26-30H,10-14,16-17,20H2,1-6H3/t26-,27-,28+,29-,30-,32-,33+/m0/s1. The summed E-state index contributed by atoms with van der Waals surface area (Å²) in [5, 5.41) is 2.62. The molecule has 2 heteroatoms. The molecule has 4 aliphatic rings. The van der Waals surface area contributed by atoms with Crippen LogP contribution < -0.4 is 0 Å². The number of pyridine rings is 1. The maximum absolute atomic E-state index is 4.40. The van der Waals surface area contributed by atoms with E-state index in [1.807, 2.05) is 18.0 Å². The quantitative estimate of drug-likeness (QED) is 0.410. The van der Waals surface area contributed by atoms with Crippen molar-refractivity contribution in [3.8, 4) is 0 Å². The molecule has 2 aromatic rings. The fourth-order valence-corrected chi connectivity index (χ4v) is 9.39. The first-order valence-electron chi connectivity index (χ1n) is 14.4. The molecule has 0 radical (unpaired) electrons. The molecule has 4 aliphatic carbocycles. The van der Waals surface area contributed by atoms with Gasteiger partial charge in [-0.2, -0.15) is 0 Å². The first kappa shape index (κ1) is 23.7. The van der Waals surface area contributed by atoms with E-state index in [9.17, 15) is 0 Å². The molecule has 0 aliphatic heterocycles. The van der Waals surface area contributed by atoms with Gasteiger partial charge in [0.1, 0.15) is 0 Å². The highest BCUT2D eigenvalue weighted by molar-refractivity contribution is 5.82. The van der Waals surface area contributed by atoms with E-state index in [1.165, 1.54) is 62.1 Å². The largest absolute Gasteiger partial charge is 0.298 e. The van der Waals surface area contributed by atoms with Gasteiger partial charge in [0.25, 0.3) is 0 Å². The van der Waals surface area contributed by atoms with E-state index in [0.717, 1.165) is 17.8 Å². The predicted octanol–water partition coefficient (Wildman–Crippen LogP) is 8.38. The molecule has 0 unspecified atom stereocenters. The van der Waals surface area contributed by atoms with Crippen LogP contribution >= 0.6 is 0 Å². The van der Waals surface area contributed by atoms with Crippen LogP contribution in [-0.2, 0) is 0 Å². The van der Waals surface area contributed by atoms with Crippen molar-refractivity contribution in [2.24, 2.45) is 28.6 Å². The third-order valence-corrected chi connectivity index (χ3v) is 11.8. The second kappa shape index (κ2) is 8.17. The maximum atomic E-state index is 4.40. The van der Waals surface area contributed by atoms with Crippen LogP contribution in [0.4, 0.5) is 0 Å². The van der Waals surface area contributed by atoms with Gasteiger partial charge in [-0.25, -0.2) is 0 Å². The van der Waals surface area contributed by atoms with Gasteiger partial charge in [-0.05, 0) is 137 Å². The van der Waals surface area contributed by atoms with E-state index in [2.05, 4.69) is 81.9 Å². The van der Waals surface area contributed by atoms with E-state index >= 15 is 0 Å². The van der Waals surface area contributed by atoms with Crippen molar-refractivity contribution in [1.29, 1.82) is 0 Å². The number of rotatable bonds is 2. The van der Waals surface area contributed by atoms with Crippen molar-refractivity contribution in [1.82, 2.24) is 9.88 Å². The Morgan fingerprint density at radius 3 is 2.57 bits per heavy atom. The summed E-state index contributed by atoms with van der Waals surface area (Å²) < 4.78 is 0. The first-order valence-corrected chi connectivity index (χ1v) is 14.4. The minimum absolute atomic E-state index is 0.251. The number of hydrogen-bond donors (Lipinski definition) is 0. The molecule has 0 spiro atoms. The predicted molar refractivity (Wildman–Crippen MR) is 147 cm³/mol. The van der Waals surface area contributed by atoms with Gasteiger partial charge >= 0.3 is 0 Å². The molecule has 0 N–H and O–H groups in total. The van der Waals surface area contributed by atoms with E-state index < -0.39 is 0 Å². The number of fused-ring (bicyclic) bond motifs is 6. The van der Waals surface area contributed by atoms with Gasteiger partial charge in [0, 0.05) is 29.4 Å². The Kier molecular flexibility index (Phi) is 5.53. The van der Waals surface area contributed by atoms with Crippen LogP contribution in [0.5, 0.6) is 0 Å². The van der Waals surface area contributed by atoms with Crippen LogP contribution in [0.2, 0.25) is 0 Å². The molecular weight excluding hydrogens is 424 g/mol. The summed E-state index contributed by atoms with van der Waals surface area (Å²) in [6.45, 7) is 12.4. The minimum atomic E-state index is 0.251. The van der Waals surface area contributed by atoms with Crippen LogP contribution in [0.25, 0.3) is 10.8 Å². The van der Waals surface area contributed by atoms with Gasteiger partial charge in [-0.3, -0.25) is 9.88 Å². The van der Waals surface area contributed by atoms with E-state index in [4.69, 9.17) is 0 Å². The zero-order chi connectivity index (χ0) is 24.6. The lowest BCUT2D eigenvalue weighted by molar-refractivity contribution is -0.0399. The van der Waals surface area contributed by atoms with Crippen LogP contribution in [0.3, 0.4) is 0 Å². The molecule has 1 heterocycles. The third kappa shape index (κ3) is 3.64. The van der Waals surface area contributed by atoms with Crippen LogP contribution in [-0.4, -0.2) is 28.5 Å². The normalized spacial score (nSPS) is 39.2. The Balaban J connectivity index is 1.26. The average molecular weight is 471 g/mol. The second-order valence-corrected chi connectivity index (χ2v) is 14.1. The number of aromatic nitrogens is 1. The Bertz CT molecular complexity index is 1140. The summed E-state index contributed by atoms with van der Waals surface area (Å²) in [6.07, 6.45) is 17.7. The topological polar surface area (TPSA) is 16.1 Å². The summed E-state index contributed by atoms with van der Waals surface area (Å²) >= 11 is 0. The monoisotopic (exact) mass is 470 g/mol. The van der Waals surface area contributed by atoms with Gasteiger partial charge in [0.15, 0.2) is 0 Å². The lowest BCUT2D eigenvalue weighted by Crippen LogP contribution is -2.53. The summed E-state index contributed by atoms with van der Waals surface area (Å²) in [5.74, 6) is 3.35. The second-order valence-electron chi connectivity index (χ2n) is 14.1. The Morgan fingerprint density at radius 1 is 0.943 bits per heavy atom. The van der Waals surface area contributed by atoms with Crippen molar-refractivity contribution in [3.05, 3.63) is 53.9 Å². The zero-order valence-electron chi connectivity index (χ0n) is 23.0. The molecule has 1 aromatic heterocycles. The Labute approximate surface area is 213 Å². The third-order valence-electron chi connectivity index (χ3n) is 11.8. The van der Waals surface area contributed by atoms with E-state index in [0.29, 0.717) is 22.8 Å². The van der Waals surface area contributed by atoms with Gasteiger partial charge in [-0.1, -0.05) is 37.6 Å². The fraction of sp³-hybridized carbons (Fsp3) is 0.667. The molecule has 7 atom stereocenters. The van der Waals surface area contributed by atoms with Crippen molar-refractivity contribution < 1.29 is 0 Å². The highest BCUT2D eigenvalue weighted by Crippen LogP contribution is 2.68. The van der Waals surface area contributed by atoms with Crippen molar-refractivity contribution in [2.75, 3.05) is 7.05 Å². The Morgan fingerprint density at radius 2 is 1.77 bits per heavy atom. The van der Waals surface area contributed by atoms with Crippen molar-refractivity contribution in [2.45, 2.75) is 103 Å². The Hall–Kier alpha value is -1.67. The SMILES string of the molecule is CN([C@H]1CC[C@@]2(C)C(=CC[C@H]3[C@@H]4CC[C@H](c5ccc6ccncc6c5)[C@@]4(C)CC[C@@H]32)C1)C(C)(C)C. The highest BCUT2D eigenvalue weighted by atomic mass is 15.2. The van der Waals surface area contributed by atoms with Crippen molar-refractivity contribution >= 4 is 10.8 Å². The highest BCUT2D eigenvalue weighted by Gasteiger charge is 2.59. The lowest BCUT2D eigenvalue weighted by atomic mass is 9.47. The minimum Gasteiger partial charge on any atom is -0.298 e. The average Bonchev–Trinajstić information content (AvgIpc) is 3.19. The van der Waals surface area contributed by atoms with Crippen LogP contribution in [0, 0.1) is 28.6 Å². The van der Waals surface area contributed by atoms with Gasteiger partial charge < -0.3 is 0 Å². The molecule has 3 fully saturated rings. The smallest absolute Gasteiger partial charge is 0.0346 e. The lowest BCUT2D eigenvalue weighted by Gasteiger charge is -2.59. The van der Waals surface area contributed by atoms with Gasteiger partial charge in [-0.15, -0.1) is 0 Å². The van der Waals surface area contributed by atoms with Gasteiger partial charge in [0.2, 0.25) is 0 Å². The fourth-order valence-electron chi connectivity index (χ4n) is 9.39. The molecular formula is C33H46N2. The van der Waals surface area contributed by atoms with E-state index in [-0.39, 0.29) is 5.54 Å². The number of benzene rings is 1. The van der Waals surface area contributed by atoms with Crippen LogP contribution in [0.1, 0.15) is 97.5 Å². The molecule has 188 valence electrons. The molecule has 3 saturated carbocycles. The first-order chi connectivity index (χ1) is 16.6. The summed E-state index contributed by atoms with van der Waals surface area (Å²) in [5.41, 5.74) is 4.51. The number of nitrogens with zero attached hydrogens (tertiary/aromatic N) is 2. The molecule has 6 rings (SSSR count). The molecule has 0 amide bonds. The summed E-state index contributed by atoms with van der Waals surface area (Å²) in [4.78, 5) is 7.05. The number of allylic oxidation sites excluding steroid dienone is 1. The zero-order valence-corrected chi connectivity index (χ0v) is 23.0. The maximum Gasteiger partial charge on any atom is 0.0346 e. The molecule has 1 aromatic carbocycles. The molecule has 2 nitrogen and oxygen atoms in total.